The summed E-state index contributed by atoms with van der Waals surface area (Å²) in [6.45, 7) is -1.04. The van der Waals surface area contributed by atoms with Gasteiger partial charge in [-0.15, -0.1) is 0 Å². The van der Waals surface area contributed by atoms with Crippen LogP contribution in [0, 0.1) is 0 Å². The van der Waals surface area contributed by atoms with Crippen LogP contribution in [0.1, 0.15) is 0 Å². The van der Waals surface area contributed by atoms with Gasteiger partial charge < -0.3 is 49.6 Å². The topological polar surface area (TPSA) is 162 Å². The summed E-state index contributed by atoms with van der Waals surface area (Å²) in [5.74, 6) is 0. The van der Waals surface area contributed by atoms with Gasteiger partial charge in [-0.1, -0.05) is 0 Å². The van der Waals surface area contributed by atoms with Crippen LogP contribution in [-0.2, 0) is 18.9 Å². The summed E-state index contributed by atoms with van der Waals surface area (Å²) in [6, 6.07) is 0. The van der Waals surface area contributed by atoms with E-state index in [0.717, 1.165) is 0 Å². The number of aliphatic hydroxyl groups excluding tert-OH is 6. The summed E-state index contributed by atoms with van der Waals surface area (Å²) in [4.78, 5) is 0. The molecule has 6 N–H and O–H groups in total. The molecule has 0 saturated carbocycles. The first kappa shape index (κ1) is 16.5. The number of aliphatic hydroxyl groups is 6. The predicted molar refractivity (Wildman–Crippen MR) is 65.3 cm³/mol. The number of hydrogen-bond donors (Lipinski definition) is 6. The summed E-state index contributed by atoms with van der Waals surface area (Å²) in [6.07, 6.45) is -11.5. The van der Waals surface area contributed by atoms with E-state index in [4.69, 9.17) is 24.1 Å². The molecule has 0 aromatic heterocycles. The van der Waals surface area contributed by atoms with Crippen molar-refractivity contribution < 1.29 is 49.6 Å². The highest BCUT2D eigenvalue weighted by Crippen LogP contribution is 2.38. The molecule has 22 heavy (non-hydrogen) atoms. The van der Waals surface area contributed by atoms with Crippen LogP contribution in [0.15, 0.2) is 0 Å². The Kier molecular flexibility index (Phi) is 4.67. The zero-order valence-corrected chi connectivity index (χ0v) is 11.5. The Hall–Kier alpha value is -0.400. The highest BCUT2D eigenvalue weighted by atomic mass is 16.8. The Morgan fingerprint density at radius 3 is 2.05 bits per heavy atom. The van der Waals surface area contributed by atoms with E-state index in [2.05, 4.69) is 0 Å². The van der Waals surface area contributed by atoms with Gasteiger partial charge >= 0.3 is 0 Å². The molecule has 0 aliphatic carbocycles. The van der Waals surface area contributed by atoms with Crippen LogP contribution < -0.4 is 0 Å². The molecule has 0 aromatic rings. The van der Waals surface area contributed by atoms with Crippen molar-refractivity contribution in [1.82, 2.24) is 0 Å². The monoisotopic (exact) mass is 324 g/mol. The summed E-state index contributed by atoms with van der Waals surface area (Å²) < 4.78 is 21.0. The van der Waals surface area contributed by atoms with E-state index in [0.29, 0.717) is 0 Å². The van der Waals surface area contributed by atoms with E-state index in [1.165, 1.54) is 0 Å². The van der Waals surface area contributed by atoms with Crippen LogP contribution >= 0.6 is 0 Å². The lowest BCUT2D eigenvalue weighted by Gasteiger charge is -2.42. The first-order valence-electron chi connectivity index (χ1n) is 7.03. The van der Waals surface area contributed by atoms with Crippen LogP contribution in [0.2, 0.25) is 0 Å². The van der Waals surface area contributed by atoms with Crippen molar-refractivity contribution in [3.8, 4) is 0 Å². The molecule has 3 aliphatic heterocycles. The summed E-state index contributed by atoms with van der Waals surface area (Å²) in [5.41, 5.74) is 0. The Labute approximate surface area is 125 Å². The average Bonchev–Trinajstić information content (AvgIpc) is 3.29. The first-order valence-corrected chi connectivity index (χ1v) is 7.03. The fraction of sp³-hybridized carbons (Fsp3) is 1.00. The first-order chi connectivity index (χ1) is 10.5. The van der Waals surface area contributed by atoms with Crippen LogP contribution in [0.4, 0.5) is 0 Å². The van der Waals surface area contributed by atoms with Gasteiger partial charge in [0.15, 0.2) is 12.6 Å². The molecule has 10 heteroatoms. The highest BCUT2D eigenvalue weighted by molar-refractivity contribution is 4.99. The van der Waals surface area contributed by atoms with E-state index in [9.17, 15) is 25.5 Å². The molecule has 3 rings (SSSR count). The van der Waals surface area contributed by atoms with Crippen LogP contribution in [0.3, 0.4) is 0 Å². The standard InChI is InChI=1S/C12H20O10/c13-1-3-5(15)6(16)7(17)11(19-3)21-9-4(2-14)20-12-10(22-12)8(9)18/h3-18H,1-2H2/t3-,4-,5-,6+,7-,8+,9-,10-,11+,12?/m1/s1. The largest absolute Gasteiger partial charge is 0.394 e. The van der Waals surface area contributed by atoms with Gasteiger partial charge in [-0.25, -0.2) is 0 Å². The molecule has 1 unspecified atom stereocenters. The SMILES string of the molecule is OC[C@H]1O[C@@H](O[C@H]2[C@H](O)[C@H]3OC3O[C@@H]2CO)[C@H](O)[C@@H](O)[C@@H]1O. The molecule has 3 aliphatic rings. The lowest BCUT2D eigenvalue weighted by Crippen LogP contribution is -2.62. The average molecular weight is 324 g/mol. The Morgan fingerprint density at radius 1 is 0.727 bits per heavy atom. The van der Waals surface area contributed by atoms with Gasteiger partial charge in [-0.2, -0.15) is 0 Å². The minimum absolute atomic E-state index is 0.453. The number of fused-ring (bicyclic) bond motifs is 1. The van der Waals surface area contributed by atoms with E-state index in [1.807, 2.05) is 0 Å². The second-order valence-corrected chi connectivity index (χ2v) is 5.61. The molecular weight excluding hydrogens is 304 g/mol. The number of hydrogen-bond acceptors (Lipinski definition) is 10. The molecule has 3 fully saturated rings. The van der Waals surface area contributed by atoms with Crippen molar-refractivity contribution >= 4 is 0 Å². The summed E-state index contributed by atoms with van der Waals surface area (Å²) in [7, 11) is 0. The van der Waals surface area contributed by atoms with Gasteiger partial charge in [0.05, 0.1) is 13.2 Å². The molecule has 0 radical (unpaired) electrons. The Bertz CT molecular complexity index is 392. The summed E-state index contributed by atoms with van der Waals surface area (Å²) >= 11 is 0. The highest BCUT2D eigenvalue weighted by Gasteiger charge is 2.58. The summed E-state index contributed by atoms with van der Waals surface area (Å²) in [5, 5.41) is 57.8. The smallest absolute Gasteiger partial charge is 0.187 e. The van der Waals surface area contributed by atoms with Crippen molar-refractivity contribution in [2.75, 3.05) is 13.2 Å². The van der Waals surface area contributed by atoms with Crippen molar-refractivity contribution in [2.45, 2.75) is 61.4 Å². The van der Waals surface area contributed by atoms with Crippen molar-refractivity contribution in [3.05, 3.63) is 0 Å². The third-order valence-electron chi connectivity index (χ3n) is 4.15. The van der Waals surface area contributed by atoms with Crippen molar-refractivity contribution in [2.24, 2.45) is 0 Å². The van der Waals surface area contributed by atoms with Gasteiger partial charge in [0.25, 0.3) is 0 Å². The maximum atomic E-state index is 10.1. The zero-order valence-electron chi connectivity index (χ0n) is 11.5. The fourth-order valence-corrected chi connectivity index (χ4v) is 2.77. The van der Waals surface area contributed by atoms with E-state index >= 15 is 0 Å². The molecule has 0 aromatic carbocycles. The Morgan fingerprint density at radius 2 is 1.41 bits per heavy atom. The Balaban J connectivity index is 1.70. The van der Waals surface area contributed by atoms with Gasteiger partial charge in [-0.05, 0) is 0 Å². The molecule has 3 heterocycles. The zero-order chi connectivity index (χ0) is 16.0. The number of epoxide rings is 1. The van der Waals surface area contributed by atoms with Gasteiger partial charge in [-0.3, -0.25) is 0 Å². The maximum Gasteiger partial charge on any atom is 0.187 e. The molecule has 10 atom stereocenters. The van der Waals surface area contributed by atoms with E-state index < -0.39 is 74.6 Å². The third-order valence-corrected chi connectivity index (χ3v) is 4.15. The second kappa shape index (κ2) is 6.24. The molecule has 0 bridgehead atoms. The van der Waals surface area contributed by atoms with Gasteiger partial charge in [0, 0.05) is 0 Å². The van der Waals surface area contributed by atoms with Crippen LogP contribution in [-0.4, -0.2) is 105 Å². The molecule has 10 nitrogen and oxygen atoms in total. The molecule has 128 valence electrons. The lowest BCUT2D eigenvalue weighted by molar-refractivity contribution is -0.329. The van der Waals surface area contributed by atoms with Gasteiger partial charge in [0.1, 0.15) is 48.8 Å². The second-order valence-electron chi connectivity index (χ2n) is 5.61. The predicted octanol–water partition coefficient (Wildman–Crippen LogP) is -4.35. The fourth-order valence-electron chi connectivity index (χ4n) is 2.77. The third kappa shape index (κ3) is 2.76. The normalized spacial score (nSPS) is 54.8. The minimum atomic E-state index is -1.60. The maximum absolute atomic E-state index is 10.1. The lowest BCUT2D eigenvalue weighted by atomic mass is 9.98. The molecule has 3 saturated heterocycles. The van der Waals surface area contributed by atoms with Gasteiger partial charge in [0.2, 0.25) is 0 Å². The van der Waals surface area contributed by atoms with E-state index in [1.54, 1.807) is 0 Å². The van der Waals surface area contributed by atoms with Crippen molar-refractivity contribution in [1.29, 1.82) is 0 Å². The quantitative estimate of drug-likeness (QED) is 0.279. The number of rotatable bonds is 4. The molecule has 0 amide bonds. The molecular formula is C12H20O10. The minimum Gasteiger partial charge on any atom is -0.394 e. The van der Waals surface area contributed by atoms with Crippen LogP contribution in [0.5, 0.6) is 0 Å². The number of ether oxygens (including phenoxy) is 4. The van der Waals surface area contributed by atoms with E-state index in [-0.39, 0.29) is 0 Å². The van der Waals surface area contributed by atoms with Crippen LogP contribution in [0.25, 0.3) is 0 Å². The molecule has 0 spiro atoms. The van der Waals surface area contributed by atoms with Crippen molar-refractivity contribution in [3.63, 3.8) is 0 Å².